The topological polar surface area (TPSA) is 46.9 Å². The molecule has 0 radical (unpaired) electrons. The monoisotopic (exact) mass is 153 g/mol. The van der Waals surface area contributed by atoms with E-state index in [0.29, 0.717) is 13.1 Å². The van der Waals surface area contributed by atoms with Crippen LogP contribution in [0.5, 0.6) is 0 Å². The number of likely N-dealkylation sites (N-methyl/N-ethyl adjacent to an activating group) is 1. The van der Waals surface area contributed by atoms with Crippen LogP contribution in [0.15, 0.2) is 18.7 Å². The lowest BCUT2D eigenvalue weighted by Crippen LogP contribution is -2.26. The number of amides is 1. The van der Waals surface area contributed by atoms with Gasteiger partial charge in [0, 0.05) is 18.9 Å². The summed E-state index contributed by atoms with van der Waals surface area (Å²) in [6, 6.07) is 0. The lowest BCUT2D eigenvalue weighted by molar-refractivity contribution is -0.121. The third kappa shape index (κ3) is 2.41. The minimum Gasteiger partial charge on any atom is -0.355 e. The van der Waals surface area contributed by atoms with E-state index in [1.54, 1.807) is 23.3 Å². The predicted octanol–water partition coefficient (Wildman–Crippen LogP) is 0.0192. The van der Waals surface area contributed by atoms with Gasteiger partial charge in [-0.3, -0.25) is 4.79 Å². The number of hydrogen-bond acceptors (Lipinski definition) is 2. The van der Waals surface area contributed by atoms with E-state index in [2.05, 4.69) is 10.3 Å². The number of nitrogens with zero attached hydrogens (tertiary/aromatic N) is 2. The fourth-order valence-corrected chi connectivity index (χ4v) is 0.799. The Morgan fingerprint density at radius 2 is 2.55 bits per heavy atom. The molecule has 1 heterocycles. The van der Waals surface area contributed by atoms with Crippen molar-refractivity contribution in [1.82, 2.24) is 14.9 Å². The third-order valence-corrected chi connectivity index (χ3v) is 1.26. The van der Waals surface area contributed by atoms with E-state index in [9.17, 15) is 4.79 Å². The highest BCUT2D eigenvalue weighted by atomic mass is 16.1. The minimum absolute atomic E-state index is 0.0190. The zero-order chi connectivity index (χ0) is 8.10. The molecule has 0 aliphatic rings. The average molecular weight is 153 g/mol. The predicted molar refractivity (Wildman–Crippen MR) is 40.9 cm³/mol. The molecule has 0 unspecified atom stereocenters. The Kier molecular flexibility index (Phi) is 2.66. The van der Waals surface area contributed by atoms with Gasteiger partial charge in [-0.2, -0.15) is 0 Å². The third-order valence-electron chi connectivity index (χ3n) is 1.26. The second-order valence-corrected chi connectivity index (χ2v) is 2.19. The van der Waals surface area contributed by atoms with Gasteiger partial charge in [0.2, 0.25) is 5.91 Å². The van der Waals surface area contributed by atoms with Gasteiger partial charge in [-0.15, -0.1) is 0 Å². The maximum absolute atomic E-state index is 11.0. The first-order valence-corrected chi connectivity index (χ1v) is 3.55. The number of aromatic nitrogens is 2. The van der Waals surface area contributed by atoms with Crippen LogP contribution in [0.25, 0.3) is 0 Å². The van der Waals surface area contributed by atoms with Crippen LogP contribution in [0.3, 0.4) is 0 Å². The summed E-state index contributed by atoms with van der Waals surface area (Å²) in [4.78, 5) is 14.8. The van der Waals surface area contributed by atoms with Gasteiger partial charge in [-0.1, -0.05) is 0 Å². The Balaban J connectivity index is 2.37. The van der Waals surface area contributed by atoms with Crippen LogP contribution in [-0.2, 0) is 11.3 Å². The Labute approximate surface area is 65.2 Å². The molecule has 0 saturated carbocycles. The van der Waals surface area contributed by atoms with E-state index in [0.717, 1.165) is 0 Å². The van der Waals surface area contributed by atoms with Gasteiger partial charge in [0.15, 0.2) is 0 Å². The van der Waals surface area contributed by atoms with Crippen molar-refractivity contribution in [1.29, 1.82) is 0 Å². The molecule has 4 heteroatoms. The summed E-state index contributed by atoms with van der Waals surface area (Å²) >= 11 is 0. The summed E-state index contributed by atoms with van der Waals surface area (Å²) < 4.78 is 1.73. The molecule has 0 atom stereocenters. The molecular formula is C7H11N3O. The Morgan fingerprint density at radius 3 is 3.09 bits per heavy atom. The molecule has 1 rings (SSSR count). The molecule has 0 aliphatic heterocycles. The van der Waals surface area contributed by atoms with Crippen LogP contribution in [0.4, 0.5) is 0 Å². The molecule has 0 bridgehead atoms. The largest absolute Gasteiger partial charge is 0.355 e. The molecule has 1 N–H and O–H groups in total. The quantitative estimate of drug-likeness (QED) is 0.665. The van der Waals surface area contributed by atoms with Crippen molar-refractivity contribution < 1.29 is 4.79 Å². The lowest BCUT2D eigenvalue weighted by atomic mass is 10.5. The molecule has 1 aromatic heterocycles. The van der Waals surface area contributed by atoms with Crippen LogP contribution in [0.1, 0.15) is 6.92 Å². The van der Waals surface area contributed by atoms with Crippen LogP contribution >= 0.6 is 0 Å². The molecule has 1 amide bonds. The first-order valence-electron chi connectivity index (χ1n) is 3.55. The number of rotatable bonds is 3. The van der Waals surface area contributed by atoms with Crippen molar-refractivity contribution in [3.8, 4) is 0 Å². The second kappa shape index (κ2) is 3.75. The second-order valence-electron chi connectivity index (χ2n) is 2.19. The standard InChI is InChI=1S/C7H11N3O/c1-2-9-7(11)5-10-4-3-8-6-10/h3-4,6H,2,5H2,1H3,(H,9,11). The highest BCUT2D eigenvalue weighted by Gasteiger charge is 1.98. The summed E-state index contributed by atoms with van der Waals surface area (Å²) in [6.07, 6.45) is 5.03. The Bertz CT molecular complexity index is 218. The van der Waals surface area contributed by atoms with E-state index < -0.39 is 0 Å². The fraction of sp³-hybridized carbons (Fsp3) is 0.429. The van der Waals surface area contributed by atoms with E-state index in [1.807, 2.05) is 6.92 Å². The van der Waals surface area contributed by atoms with E-state index in [1.165, 1.54) is 0 Å². The first-order chi connectivity index (χ1) is 5.33. The molecule has 0 aromatic carbocycles. The van der Waals surface area contributed by atoms with E-state index >= 15 is 0 Å². The highest BCUT2D eigenvalue weighted by Crippen LogP contribution is 1.84. The van der Waals surface area contributed by atoms with Crippen molar-refractivity contribution >= 4 is 5.91 Å². The molecule has 60 valence electrons. The van der Waals surface area contributed by atoms with Crippen molar-refractivity contribution in [2.75, 3.05) is 6.54 Å². The summed E-state index contributed by atoms with van der Waals surface area (Å²) in [5.41, 5.74) is 0. The first kappa shape index (κ1) is 7.78. The number of carbonyl (C=O) groups is 1. The minimum atomic E-state index is 0.0190. The maximum Gasteiger partial charge on any atom is 0.239 e. The Morgan fingerprint density at radius 1 is 1.73 bits per heavy atom. The van der Waals surface area contributed by atoms with Crippen LogP contribution in [-0.4, -0.2) is 22.0 Å². The van der Waals surface area contributed by atoms with Crippen molar-refractivity contribution in [2.24, 2.45) is 0 Å². The number of carbonyl (C=O) groups excluding carboxylic acids is 1. The fourth-order valence-electron chi connectivity index (χ4n) is 0.799. The summed E-state index contributed by atoms with van der Waals surface area (Å²) in [5.74, 6) is 0.0190. The molecular weight excluding hydrogens is 142 g/mol. The lowest BCUT2D eigenvalue weighted by Gasteiger charge is -2.01. The van der Waals surface area contributed by atoms with Gasteiger partial charge >= 0.3 is 0 Å². The van der Waals surface area contributed by atoms with Gasteiger partial charge in [0.1, 0.15) is 6.54 Å². The summed E-state index contributed by atoms with van der Waals surface area (Å²) in [7, 11) is 0. The van der Waals surface area contributed by atoms with Gasteiger partial charge in [-0.05, 0) is 6.92 Å². The van der Waals surface area contributed by atoms with Gasteiger partial charge in [0.25, 0.3) is 0 Å². The van der Waals surface area contributed by atoms with Gasteiger partial charge < -0.3 is 9.88 Å². The molecule has 1 aromatic rings. The molecule has 4 nitrogen and oxygen atoms in total. The number of imidazole rings is 1. The van der Waals surface area contributed by atoms with E-state index in [-0.39, 0.29) is 5.91 Å². The van der Waals surface area contributed by atoms with Crippen LogP contribution < -0.4 is 5.32 Å². The van der Waals surface area contributed by atoms with Crippen LogP contribution in [0, 0.1) is 0 Å². The molecule has 0 fully saturated rings. The summed E-state index contributed by atoms with van der Waals surface area (Å²) in [6.45, 7) is 2.92. The molecule has 0 aliphatic carbocycles. The average Bonchev–Trinajstić information content (AvgIpc) is 2.40. The zero-order valence-corrected chi connectivity index (χ0v) is 6.45. The molecule has 0 saturated heterocycles. The SMILES string of the molecule is CCNC(=O)Cn1ccnc1. The molecule has 11 heavy (non-hydrogen) atoms. The van der Waals surface area contributed by atoms with Crippen LogP contribution in [0.2, 0.25) is 0 Å². The van der Waals surface area contributed by atoms with E-state index in [4.69, 9.17) is 0 Å². The van der Waals surface area contributed by atoms with Crippen molar-refractivity contribution in [3.05, 3.63) is 18.7 Å². The molecule has 0 spiro atoms. The van der Waals surface area contributed by atoms with Gasteiger partial charge in [0.05, 0.1) is 6.33 Å². The summed E-state index contributed by atoms with van der Waals surface area (Å²) in [5, 5.41) is 2.70. The number of nitrogens with one attached hydrogen (secondary N) is 1. The highest BCUT2D eigenvalue weighted by molar-refractivity contribution is 5.75. The van der Waals surface area contributed by atoms with Crippen molar-refractivity contribution in [2.45, 2.75) is 13.5 Å². The van der Waals surface area contributed by atoms with Gasteiger partial charge in [-0.25, -0.2) is 4.98 Å². The zero-order valence-electron chi connectivity index (χ0n) is 6.45. The number of hydrogen-bond donors (Lipinski definition) is 1. The smallest absolute Gasteiger partial charge is 0.239 e. The maximum atomic E-state index is 11.0. The van der Waals surface area contributed by atoms with Crippen molar-refractivity contribution in [3.63, 3.8) is 0 Å². The normalized spacial score (nSPS) is 9.55. The Hall–Kier alpha value is -1.32.